The standard InChI is InChI=1S/C32H37N3O6S2/c1-5-34-27-12-11-23(43(38,39)33-13-15-40-16-14-33)19-25(27)26(30(34)36)18-22-17-20(3)35(21(22)4)31-29(32(37)41-6-2)24-9-7-8-10-28(24)42-31/h11-12,17-19H,5-10,13-16H2,1-4H3. The summed E-state index contributed by atoms with van der Waals surface area (Å²) in [5.41, 5.74) is 6.18. The van der Waals surface area contributed by atoms with E-state index in [0.29, 0.717) is 61.8 Å². The lowest BCUT2D eigenvalue weighted by Crippen LogP contribution is -2.40. The monoisotopic (exact) mass is 623 g/mol. The molecule has 0 radical (unpaired) electrons. The highest BCUT2D eigenvalue weighted by molar-refractivity contribution is 7.89. The topological polar surface area (TPSA) is 98.2 Å². The average Bonchev–Trinajstić information content (AvgIpc) is 3.61. The van der Waals surface area contributed by atoms with Gasteiger partial charge in [-0.05, 0) is 94.8 Å². The molecule has 1 aliphatic carbocycles. The molecule has 6 rings (SSSR count). The fraction of sp³-hybridized carbons (Fsp3) is 0.438. The Balaban J connectivity index is 1.45. The van der Waals surface area contributed by atoms with Crippen LogP contribution in [0.25, 0.3) is 16.7 Å². The van der Waals surface area contributed by atoms with E-state index in [4.69, 9.17) is 9.47 Å². The van der Waals surface area contributed by atoms with Gasteiger partial charge in [-0.2, -0.15) is 4.31 Å². The summed E-state index contributed by atoms with van der Waals surface area (Å²) in [4.78, 5) is 30.0. The molecule has 1 fully saturated rings. The van der Waals surface area contributed by atoms with E-state index >= 15 is 0 Å². The molecule has 1 aromatic carbocycles. The van der Waals surface area contributed by atoms with Crippen LogP contribution in [0, 0.1) is 13.8 Å². The Hall–Kier alpha value is -3.25. The van der Waals surface area contributed by atoms with E-state index < -0.39 is 10.0 Å². The van der Waals surface area contributed by atoms with Gasteiger partial charge in [0.1, 0.15) is 5.00 Å². The summed E-state index contributed by atoms with van der Waals surface area (Å²) in [6.07, 6.45) is 5.84. The Labute approximate surface area is 256 Å². The van der Waals surface area contributed by atoms with Gasteiger partial charge in [0.2, 0.25) is 10.0 Å². The summed E-state index contributed by atoms with van der Waals surface area (Å²) < 4.78 is 41.3. The second kappa shape index (κ2) is 11.7. The molecule has 0 atom stereocenters. The molecule has 0 N–H and O–H groups in total. The number of fused-ring (bicyclic) bond motifs is 2. The Bertz CT molecular complexity index is 1740. The number of amides is 1. The number of carbonyl (C=O) groups is 2. The number of anilines is 1. The van der Waals surface area contributed by atoms with Crippen molar-refractivity contribution in [3.63, 3.8) is 0 Å². The van der Waals surface area contributed by atoms with Crippen LogP contribution in [-0.4, -0.2) is 68.6 Å². The first-order valence-electron chi connectivity index (χ1n) is 14.9. The van der Waals surface area contributed by atoms with Gasteiger partial charge in [-0.1, -0.05) is 0 Å². The number of hydrogen-bond donors (Lipinski definition) is 0. The molecular formula is C32H37N3O6S2. The number of nitrogens with zero attached hydrogens (tertiary/aromatic N) is 3. The van der Waals surface area contributed by atoms with Gasteiger partial charge >= 0.3 is 5.97 Å². The van der Waals surface area contributed by atoms with E-state index in [1.807, 2.05) is 39.8 Å². The molecule has 0 bridgehead atoms. The van der Waals surface area contributed by atoms with E-state index in [1.54, 1.807) is 34.4 Å². The lowest BCUT2D eigenvalue weighted by Gasteiger charge is -2.26. The fourth-order valence-electron chi connectivity index (χ4n) is 6.41. The number of likely N-dealkylation sites (N-methyl/N-ethyl adjacent to an activating group) is 1. The van der Waals surface area contributed by atoms with Crippen LogP contribution in [0.2, 0.25) is 0 Å². The lowest BCUT2D eigenvalue weighted by atomic mass is 9.95. The molecule has 1 saturated heterocycles. The molecule has 2 aromatic heterocycles. The van der Waals surface area contributed by atoms with Gasteiger partial charge in [0.25, 0.3) is 5.91 Å². The molecule has 228 valence electrons. The second-order valence-corrected chi connectivity index (χ2v) is 14.1. The minimum absolute atomic E-state index is 0.165. The maximum absolute atomic E-state index is 13.7. The quantitative estimate of drug-likeness (QED) is 0.267. The summed E-state index contributed by atoms with van der Waals surface area (Å²) >= 11 is 1.65. The smallest absolute Gasteiger partial charge is 0.341 e. The zero-order valence-corrected chi connectivity index (χ0v) is 26.7. The van der Waals surface area contributed by atoms with E-state index in [2.05, 4.69) is 4.57 Å². The van der Waals surface area contributed by atoms with Gasteiger partial charge in [-0.15, -0.1) is 11.3 Å². The fourth-order valence-corrected chi connectivity index (χ4v) is 9.33. The predicted octanol–water partition coefficient (Wildman–Crippen LogP) is 5.14. The number of aryl methyl sites for hydroxylation is 2. The van der Waals surface area contributed by atoms with Crippen LogP contribution in [0.1, 0.15) is 70.0 Å². The number of sulfonamides is 1. The van der Waals surface area contributed by atoms with Gasteiger partial charge < -0.3 is 18.9 Å². The maximum atomic E-state index is 13.7. The molecule has 4 heterocycles. The third-order valence-corrected chi connectivity index (χ3v) is 11.7. The number of aromatic nitrogens is 1. The normalized spacial score (nSPS) is 18.3. The van der Waals surface area contributed by atoms with Gasteiger partial charge in [0, 0.05) is 47.0 Å². The Kier molecular flexibility index (Phi) is 8.10. The molecule has 9 nitrogen and oxygen atoms in total. The first-order valence-corrected chi connectivity index (χ1v) is 17.2. The molecule has 11 heteroatoms. The molecule has 43 heavy (non-hydrogen) atoms. The summed E-state index contributed by atoms with van der Waals surface area (Å²) in [6, 6.07) is 6.97. The summed E-state index contributed by atoms with van der Waals surface area (Å²) in [5.74, 6) is -0.459. The second-order valence-electron chi connectivity index (χ2n) is 11.1. The van der Waals surface area contributed by atoms with Crippen LogP contribution in [0.4, 0.5) is 5.69 Å². The number of carbonyl (C=O) groups excluding carboxylic acids is 2. The highest BCUT2D eigenvalue weighted by atomic mass is 32.2. The predicted molar refractivity (Wildman–Crippen MR) is 168 cm³/mol. The molecule has 0 unspecified atom stereocenters. The van der Waals surface area contributed by atoms with Gasteiger partial charge in [0.15, 0.2) is 0 Å². The number of hydrogen-bond acceptors (Lipinski definition) is 7. The first kappa shape index (κ1) is 29.8. The summed E-state index contributed by atoms with van der Waals surface area (Å²) in [5, 5.41) is 0.859. The van der Waals surface area contributed by atoms with Crippen LogP contribution in [0.15, 0.2) is 29.2 Å². The van der Waals surface area contributed by atoms with Crippen LogP contribution in [0.3, 0.4) is 0 Å². The van der Waals surface area contributed by atoms with Crippen molar-refractivity contribution in [1.82, 2.24) is 8.87 Å². The first-order chi connectivity index (χ1) is 20.7. The summed E-state index contributed by atoms with van der Waals surface area (Å²) in [7, 11) is -3.74. The highest BCUT2D eigenvalue weighted by Crippen LogP contribution is 2.42. The molecular weight excluding hydrogens is 587 g/mol. The van der Waals surface area contributed by atoms with Crippen LogP contribution in [-0.2, 0) is 37.1 Å². The number of morpholine rings is 1. The lowest BCUT2D eigenvalue weighted by molar-refractivity contribution is -0.112. The zero-order chi connectivity index (χ0) is 30.5. The SMILES string of the molecule is CCOC(=O)c1c(-n2c(C)cc(C=C3C(=O)N(CC)c4ccc(S(=O)(=O)N5CCOCC5)cc43)c2C)sc2c1CCCC2. The third-order valence-electron chi connectivity index (χ3n) is 8.55. The average molecular weight is 624 g/mol. The van der Waals surface area contributed by atoms with Crippen LogP contribution < -0.4 is 4.90 Å². The third kappa shape index (κ3) is 5.05. The van der Waals surface area contributed by atoms with Crippen LogP contribution in [0.5, 0.6) is 0 Å². The van der Waals surface area contributed by atoms with Crippen molar-refractivity contribution in [2.45, 2.75) is 58.3 Å². The minimum atomic E-state index is -3.74. The van der Waals surface area contributed by atoms with Crippen LogP contribution >= 0.6 is 11.3 Å². The molecule has 3 aromatic rings. The summed E-state index contributed by atoms with van der Waals surface area (Å²) in [6.45, 7) is 9.80. The van der Waals surface area contributed by atoms with Crippen molar-refractivity contribution < 1.29 is 27.5 Å². The number of thiophene rings is 1. The Morgan fingerprint density at radius 3 is 2.56 bits per heavy atom. The molecule has 0 spiro atoms. The largest absolute Gasteiger partial charge is 0.462 e. The maximum Gasteiger partial charge on any atom is 0.341 e. The number of esters is 1. The number of rotatable bonds is 7. The van der Waals surface area contributed by atoms with Gasteiger partial charge in [0.05, 0.1) is 36.0 Å². The van der Waals surface area contributed by atoms with E-state index in [0.717, 1.165) is 53.2 Å². The highest BCUT2D eigenvalue weighted by Gasteiger charge is 2.35. The minimum Gasteiger partial charge on any atom is -0.462 e. The Morgan fingerprint density at radius 2 is 1.84 bits per heavy atom. The molecule has 2 aliphatic heterocycles. The molecule has 1 amide bonds. The van der Waals surface area contributed by atoms with E-state index in [1.165, 1.54) is 9.18 Å². The number of ether oxygens (including phenoxy) is 2. The van der Waals surface area contributed by atoms with Crippen molar-refractivity contribution in [2.24, 2.45) is 0 Å². The van der Waals surface area contributed by atoms with Crippen molar-refractivity contribution in [3.05, 3.63) is 62.8 Å². The van der Waals surface area contributed by atoms with E-state index in [9.17, 15) is 18.0 Å². The zero-order valence-electron chi connectivity index (χ0n) is 25.1. The molecule has 0 saturated carbocycles. The Morgan fingerprint density at radius 1 is 1.09 bits per heavy atom. The van der Waals surface area contributed by atoms with E-state index in [-0.39, 0.29) is 16.8 Å². The number of benzene rings is 1. The molecule has 3 aliphatic rings. The van der Waals surface area contributed by atoms with Crippen molar-refractivity contribution in [3.8, 4) is 5.00 Å². The van der Waals surface area contributed by atoms with Crippen molar-refractivity contribution >= 4 is 50.6 Å². The van der Waals surface area contributed by atoms with Gasteiger partial charge in [-0.3, -0.25) is 4.79 Å². The van der Waals surface area contributed by atoms with Crippen molar-refractivity contribution in [1.29, 1.82) is 0 Å². The van der Waals surface area contributed by atoms with Gasteiger partial charge in [-0.25, -0.2) is 13.2 Å². The van der Waals surface area contributed by atoms with Crippen molar-refractivity contribution in [2.75, 3.05) is 44.4 Å².